The van der Waals surface area contributed by atoms with Crippen molar-refractivity contribution in [2.24, 2.45) is 10.7 Å². The standard InChI is InChI=1S/C18H26N4O.HI/c19-18(21-15-9-2-1-3-10-15)20-13-17(23)22-12-6-8-14-7-4-5-11-16(14)22;/h4-5,7,11,15H,1-3,6,8-10,12-13H2,(H3,19,20,21);1H. The van der Waals surface area contributed by atoms with Gasteiger partial charge in [0.05, 0.1) is 0 Å². The molecule has 1 aliphatic carbocycles. The molecule has 3 N–H and O–H groups in total. The zero-order valence-electron chi connectivity index (χ0n) is 14.0. The van der Waals surface area contributed by atoms with Crippen LogP contribution in [0.4, 0.5) is 5.69 Å². The zero-order chi connectivity index (χ0) is 16.1. The Morgan fingerprint density at radius 2 is 1.96 bits per heavy atom. The number of nitrogens with zero attached hydrogens (tertiary/aromatic N) is 2. The van der Waals surface area contributed by atoms with Crippen LogP contribution in [0.2, 0.25) is 0 Å². The van der Waals surface area contributed by atoms with E-state index in [0.29, 0.717) is 12.0 Å². The SMILES string of the molecule is I.NC(=NCC(=O)N1CCCc2ccccc21)NC1CCCCC1. The van der Waals surface area contributed by atoms with Gasteiger partial charge in [-0.25, -0.2) is 4.99 Å². The highest BCUT2D eigenvalue weighted by molar-refractivity contribution is 14.0. The van der Waals surface area contributed by atoms with Gasteiger partial charge in [0.1, 0.15) is 6.54 Å². The number of fused-ring (bicyclic) bond motifs is 1. The van der Waals surface area contributed by atoms with E-state index in [4.69, 9.17) is 5.73 Å². The molecule has 1 heterocycles. The van der Waals surface area contributed by atoms with Crippen LogP contribution in [0.1, 0.15) is 44.1 Å². The fourth-order valence-corrected chi connectivity index (χ4v) is 3.53. The van der Waals surface area contributed by atoms with Crippen molar-refractivity contribution in [1.29, 1.82) is 0 Å². The third-order valence-corrected chi connectivity index (χ3v) is 4.75. The number of guanidine groups is 1. The van der Waals surface area contributed by atoms with Crippen LogP contribution >= 0.6 is 24.0 Å². The van der Waals surface area contributed by atoms with E-state index in [1.54, 1.807) is 0 Å². The minimum atomic E-state index is 0. The van der Waals surface area contributed by atoms with E-state index in [1.165, 1.54) is 24.8 Å². The highest BCUT2D eigenvalue weighted by atomic mass is 127. The van der Waals surface area contributed by atoms with Crippen molar-refractivity contribution in [2.45, 2.75) is 51.0 Å². The third kappa shape index (κ3) is 4.84. The molecule has 0 aromatic heterocycles. The number of nitrogens with two attached hydrogens (primary N) is 1. The number of hydrogen-bond donors (Lipinski definition) is 2. The molecule has 0 atom stereocenters. The molecule has 1 fully saturated rings. The van der Waals surface area contributed by atoms with Crippen LogP contribution < -0.4 is 16.0 Å². The van der Waals surface area contributed by atoms with E-state index in [0.717, 1.165) is 37.9 Å². The Balaban J connectivity index is 0.00000208. The summed E-state index contributed by atoms with van der Waals surface area (Å²) in [6, 6.07) is 8.53. The monoisotopic (exact) mass is 442 g/mol. The van der Waals surface area contributed by atoms with Gasteiger partial charge in [0.25, 0.3) is 0 Å². The minimum absolute atomic E-state index is 0. The molecule has 0 unspecified atom stereocenters. The van der Waals surface area contributed by atoms with Gasteiger partial charge in [-0.1, -0.05) is 37.5 Å². The van der Waals surface area contributed by atoms with Gasteiger partial charge in [0.15, 0.2) is 5.96 Å². The summed E-state index contributed by atoms with van der Waals surface area (Å²) < 4.78 is 0. The van der Waals surface area contributed by atoms with E-state index in [9.17, 15) is 4.79 Å². The van der Waals surface area contributed by atoms with Gasteiger partial charge < -0.3 is 16.0 Å². The summed E-state index contributed by atoms with van der Waals surface area (Å²) in [5.74, 6) is 0.418. The van der Waals surface area contributed by atoms with Gasteiger partial charge in [-0.15, -0.1) is 24.0 Å². The molecule has 132 valence electrons. The molecule has 0 spiro atoms. The first kappa shape index (κ1) is 19.0. The summed E-state index contributed by atoms with van der Waals surface area (Å²) in [6.07, 6.45) is 8.12. The molecule has 1 saturated carbocycles. The summed E-state index contributed by atoms with van der Waals surface area (Å²) in [5.41, 5.74) is 8.21. The molecule has 6 heteroatoms. The van der Waals surface area contributed by atoms with Gasteiger partial charge in [0, 0.05) is 18.3 Å². The Morgan fingerprint density at radius 1 is 1.21 bits per heavy atom. The Morgan fingerprint density at radius 3 is 2.75 bits per heavy atom. The second-order valence-corrected chi connectivity index (χ2v) is 6.46. The predicted octanol–water partition coefficient (Wildman–Crippen LogP) is 2.82. The Hall–Kier alpha value is -1.31. The normalized spacial score (nSPS) is 18.5. The van der Waals surface area contributed by atoms with Crippen LogP contribution in [0.5, 0.6) is 0 Å². The zero-order valence-corrected chi connectivity index (χ0v) is 16.4. The molecular weight excluding hydrogens is 415 g/mol. The molecule has 1 aromatic carbocycles. The summed E-state index contributed by atoms with van der Waals surface area (Å²) in [5, 5.41) is 3.25. The van der Waals surface area contributed by atoms with Gasteiger partial charge in [-0.05, 0) is 37.3 Å². The number of carbonyl (C=O) groups excluding carboxylic acids is 1. The summed E-state index contributed by atoms with van der Waals surface area (Å²) in [4.78, 5) is 18.6. The second kappa shape index (κ2) is 9.25. The number of amides is 1. The molecule has 0 saturated heterocycles. The lowest BCUT2D eigenvalue weighted by Gasteiger charge is -2.29. The number of carbonyl (C=O) groups is 1. The van der Waals surface area contributed by atoms with Crippen molar-refractivity contribution in [2.75, 3.05) is 18.0 Å². The molecule has 0 bridgehead atoms. The Bertz CT molecular complexity index is 584. The lowest BCUT2D eigenvalue weighted by Crippen LogP contribution is -2.42. The average molecular weight is 442 g/mol. The molecule has 24 heavy (non-hydrogen) atoms. The highest BCUT2D eigenvalue weighted by Crippen LogP contribution is 2.26. The number of rotatable bonds is 3. The van der Waals surface area contributed by atoms with Crippen molar-refractivity contribution in [3.63, 3.8) is 0 Å². The van der Waals surface area contributed by atoms with Crippen LogP contribution in [0.3, 0.4) is 0 Å². The predicted molar refractivity (Wildman–Crippen MR) is 109 cm³/mol. The molecule has 5 nitrogen and oxygen atoms in total. The first-order valence-corrected chi connectivity index (χ1v) is 8.69. The topological polar surface area (TPSA) is 70.7 Å². The highest BCUT2D eigenvalue weighted by Gasteiger charge is 2.21. The van der Waals surface area contributed by atoms with E-state index < -0.39 is 0 Å². The number of aryl methyl sites for hydroxylation is 1. The number of anilines is 1. The smallest absolute Gasteiger partial charge is 0.248 e. The van der Waals surface area contributed by atoms with E-state index in [2.05, 4.69) is 16.4 Å². The molecule has 1 aromatic rings. The maximum absolute atomic E-state index is 12.5. The number of hydrogen-bond acceptors (Lipinski definition) is 2. The van der Waals surface area contributed by atoms with Crippen molar-refractivity contribution in [3.8, 4) is 0 Å². The lowest BCUT2D eigenvalue weighted by molar-refractivity contribution is -0.117. The fraction of sp³-hybridized carbons (Fsp3) is 0.556. The van der Waals surface area contributed by atoms with Crippen molar-refractivity contribution in [3.05, 3.63) is 29.8 Å². The average Bonchev–Trinajstić information content (AvgIpc) is 2.60. The fourth-order valence-electron chi connectivity index (χ4n) is 3.53. The van der Waals surface area contributed by atoms with Crippen molar-refractivity contribution >= 4 is 41.5 Å². The van der Waals surface area contributed by atoms with Gasteiger partial charge in [-0.3, -0.25) is 4.79 Å². The summed E-state index contributed by atoms with van der Waals surface area (Å²) in [7, 11) is 0. The quantitative estimate of drug-likeness (QED) is 0.430. The van der Waals surface area contributed by atoms with E-state index in [1.807, 2.05) is 23.1 Å². The molecular formula is C18H27IN4O. The first-order valence-electron chi connectivity index (χ1n) is 8.69. The first-order chi connectivity index (χ1) is 11.2. The number of benzene rings is 1. The van der Waals surface area contributed by atoms with Crippen LogP contribution in [0.25, 0.3) is 0 Å². The van der Waals surface area contributed by atoms with Crippen LogP contribution in [0.15, 0.2) is 29.3 Å². The Labute approximate surface area is 161 Å². The summed E-state index contributed by atoms with van der Waals surface area (Å²) in [6.45, 7) is 0.876. The molecule has 1 aliphatic heterocycles. The Kier molecular flexibility index (Phi) is 7.33. The maximum Gasteiger partial charge on any atom is 0.248 e. The lowest BCUT2D eigenvalue weighted by atomic mass is 9.96. The van der Waals surface area contributed by atoms with Crippen molar-refractivity contribution in [1.82, 2.24) is 5.32 Å². The number of halogens is 1. The van der Waals surface area contributed by atoms with Crippen LogP contribution in [0, 0.1) is 0 Å². The van der Waals surface area contributed by atoms with Crippen LogP contribution in [-0.4, -0.2) is 31.0 Å². The number of aliphatic imine (C=N–C) groups is 1. The maximum atomic E-state index is 12.5. The van der Waals surface area contributed by atoms with E-state index >= 15 is 0 Å². The largest absolute Gasteiger partial charge is 0.370 e. The second-order valence-electron chi connectivity index (χ2n) is 6.46. The molecule has 1 amide bonds. The van der Waals surface area contributed by atoms with Gasteiger partial charge in [-0.2, -0.15) is 0 Å². The molecule has 2 aliphatic rings. The van der Waals surface area contributed by atoms with Gasteiger partial charge >= 0.3 is 0 Å². The molecule has 0 radical (unpaired) electrons. The van der Waals surface area contributed by atoms with Gasteiger partial charge in [0.2, 0.25) is 5.91 Å². The summed E-state index contributed by atoms with van der Waals surface area (Å²) >= 11 is 0. The minimum Gasteiger partial charge on any atom is -0.370 e. The number of nitrogens with one attached hydrogen (secondary N) is 1. The third-order valence-electron chi connectivity index (χ3n) is 4.75. The van der Waals surface area contributed by atoms with Crippen LogP contribution in [-0.2, 0) is 11.2 Å². The number of para-hydroxylation sites is 1. The molecule has 3 rings (SSSR count). The van der Waals surface area contributed by atoms with Crippen molar-refractivity contribution < 1.29 is 4.79 Å². The van der Waals surface area contributed by atoms with E-state index in [-0.39, 0.29) is 36.4 Å².